The number of rotatable bonds is 3. The Balaban J connectivity index is 2.09. The highest BCUT2D eigenvalue weighted by molar-refractivity contribution is 9.10. The lowest BCUT2D eigenvalue weighted by Gasteiger charge is -2.09. The van der Waals surface area contributed by atoms with Crippen LogP contribution in [0.3, 0.4) is 0 Å². The average molecular weight is 313 g/mol. The molecule has 2 aromatic rings. The second kappa shape index (κ2) is 5.48. The molecule has 18 heavy (non-hydrogen) atoms. The van der Waals surface area contributed by atoms with Crippen LogP contribution in [0.2, 0.25) is 0 Å². The Kier molecular flexibility index (Phi) is 3.97. The van der Waals surface area contributed by atoms with Crippen LogP contribution in [0, 0.1) is 18.6 Å². The van der Waals surface area contributed by atoms with Crippen molar-refractivity contribution in [2.45, 2.75) is 13.5 Å². The van der Waals surface area contributed by atoms with Crippen molar-refractivity contribution in [2.24, 2.45) is 0 Å². The fourth-order valence-corrected chi connectivity index (χ4v) is 1.97. The van der Waals surface area contributed by atoms with Crippen molar-refractivity contribution in [3.63, 3.8) is 0 Å². The second-order valence-electron chi connectivity index (χ2n) is 3.94. The quantitative estimate of drug-likeness (QED) is 0.804. The van der Waals surface area contributed by atoms with Crippen molar-refractivity contribution >= 4 is 15.9 Å². The number of benzene rings is 2. The Hall–Kier alpha value is -1.42. The van der Waals surface area contributed by atoms with E-state index in [0.29, 0.717) is 22.4 Å². The first kappa shape index (κ1) is 13.0. The molecular formula is C14H11BrF2O. The van der Waals surface area contributed by atoms with Crippen LogP contribution in [0.1, 0.15) is 11.1 Å². The van der Waals surface area contributed by atoms with Gasteiger partial charge >= 0.3 is 0 Å². The van der Waals surface area contributed by atoms with Crippen LogP contribution in [-0.4, -0.2) is 0 Å². The predicted molar refractivity (Wildman–Crippen MR) is 69.6 cm³/mol. The molecular weight excluding hydrogens is 302 g/mol. The maximum absolute atomic E-state index is 13.1. The Bertz CT molecular complexity index is 570. The molecule has 0 N–H and O–H groups in total. The molecule has 0 saturated carbocycles. The van der Waals surface area contributed by atoms with Crippen molar-refractivity contribution in [3.05, 3.63) is 63.6 Å². The summed E-state index contributed by atoms with van der Waals surface area (Å²) in [7, 11) is 0. The Morgan fingerprint density at radius 3 is 2.56 bits per heavy atom. The zero-order chi connectivity index (χ0) is 13.1. The van der Waals surface area contributed by atoms with E-state index >= 15 is 0 Å². The molecule has 0 unspecified atom stereocenters. The summed E-state index contributed by atoms with van der Waals surface area (Å²) in [6.45, 7) is 1.97. The maximum Gasteiger partial charge on any atom is 0.126 e. The number of halogens is 3. The van der Waals surface area contributed by atoms with Crippen LogP contribution in [0.15, 0.2) is 40.9 Å². The van der Waals surface area contributed by atoms with Gasteiger partial charge in [0.1, 0.15) is 24.0 Å². The van der Waals surface area contributed by atoms with Gasteiger partial charge in [-0.15, -0.1) is 0 Å². The van der Waals surface area contributed by atoms with Gasteiger partial charge in [-0.1, -0.05) is 22.0 Å². The van der Waals surface area contributed by atoms with Gasteiger partial charge in [0, 0.05) is 10.0 Å². The fourth-order valence-electron chi connectivity index (χ4n) is 1.51. The first-order valence-electron chi connectivity index (χ1n) is 5.39. The molecule has 0 fully saturated rings. The molecule has 0 aliphatic heterocycles. The minimum absolute atomic E-state index is 0.259. The molecule has 2 aromatic carbocycles. The smallest absolute Gasteiger partial charge is 0.126 e. The number of aryl methyl sites for hydroxylation is 1. The highest BCUT2D eigenvalue weighted by Crippen LogP contribution is 2.21. The van der Waals surface area contributed by atoms with E-state index in [4.69, 9.17) is 4.74 Å². The maximum atomic E-state index is 13.1. The van der Waals surface area contributed by atoms with E-state index in [2.05, 4.69) is 15.9 Å². The summed E-state index contributed by atoms with van der Waals surface area (Å²) in [6.07, 6.45) is 0. The van der Waals surface area contributed by atoms with Gasteiger partial charge in [-0.3, -0.25) is 0 Å². The second-order valence-corrected chi connectivity index (χ2v) is 4.79. The molecule has 0 atom stereocenters. The summed E-state index contributed by atoms with van der Waals surface area (Å²) < 4.78 is 32.1. The minimum Gasteiger partial charge on any atom is -0.489 e. The van der Waals surface area contributed by atoms with Gasteiger partial charge in [0.2, 0.25) is 0 Å². The third-order valence-corrected chi connectivity index (χ3v) is 3.28. The lowest BCUT2D eigenvalue weighted by molar-refractivity contribution is 0.304. The lowest BCUT2D eigenvalue weighted by atomic mass is 10.2. The first-order valence-corrected chi connectivity index (χ1v) is 6.18. The molecule has 0 heterocycles. The van der Waals surface area contributed by atoms with E-state index in [9.17, 15) is 8.78 Å². The molecule has 94 valence electrons. The standard InChI is InChI=1S/C14H11BrF2O/c1-9-6-12(4-5-14(9)17)18-8-10-2-3-11(16)7-13(10)15/h2-7H,8H2,1H3. The molecule has 1 nitrogen and oxygen atoms in total. The highest BCUT2D eigenvalue weighted by atomic mass is 79.9. The van der Waals surface area contributed by atoms with Crippen molar-refractivity contribution in [1.82, 2.24) is 0 Å². The van der Waals surface area contributed by atoms with E-state index in [1.807, 2.05) is 0 Å². The fraction of sp³-hybridized carbons (Fsp3) is 0.143. The van der Waals surface area contributed by atoms with E-state index in [1.54, 1.807) is 25.1 Å². The molecule has 0 aliphatic rings. The van der Waals surface area contributed by atoms with Crippen molar-refractivity contribution in [2.75, 3.05) is 0 Å². The largest absolute Gasteiger partial charge is 0.489 e. The van der Waals surface area contributed by atoms with E-state index in [-0.39, 0.29) is 11.6 Å². The van der Waals surface area contributed by atoms with Crippen LogP contribution >= 0.6 is 15.9 Å². The van der Waals surface area contributed by atoms with Crippen molar-refractivity contribution < 1.29 is 13.5 Å². The van der Waals surface area contributed by atoms with E-state index in [1.165, 1.54) is 18.2 Å². The van der Waals surface area contributed by atoms with Gasteiger partial charge in [0.25, 0.3) is 0 Å². The van der Waals surface area contributed by atoms with Gasteiger partial charge in [0.05, 0.1) is 0 Å². The monoisotopic (exact) mass is 312 g/mol. The van der Waals surface area contributed by atoms with Crippen LogP contribution in [0.4, 0.5) is 8.78 Å². The van der Waals surface area contributed by atoms with Gasteiger partial charge in [0.15, 0.2) is 0 Å². The summed E-state index contributed by atoms with van der Waals surface area (Å²) in [6, 6.07) is 8.97. The zero-order valence-electron chi connectivity index (χ0n) is 9.71. The SMILES string of the molecule is Cc1cc(OCc2ccc(F)cc2Br)ccc1F. The molecule has 0 spiro atoms. The molecule has 2 rings (SSSR count). The first-order chi connectivity index (χ1) is 8.56. The topological polar surface area (TPSA) is 9.23 Å². The molecule has 0 aromatic heterocycles. The summed E-state index contributed by atoms with van der Waals surface area (Å²) in [5, 5.41) is 0. The number of hydrogen-bond donors (Lipinski definition) is 0. The van der Waals surface area contributed by atoms with E-state index < -0.39 is 0 Å². The molecule has 0 amide bonds. The van der Waals surface area contributed by atoms with Crippen molar-refractivity contribution in [3.8, 4) is 5.75 Å². The summed E-state index contributed by atoms with van der Waals surface area (Å²) in [4.78, 5) is 0. The van der Waals surface area contributed by atoms with Gasteiger partial charge in [-0.2, -0.15) is 0 Å². The average Bonchev–Trinajstić information content (AvgIpc) is 2.32. The van der Waals surface area contributed by atoms with Crippen LogP contribution < -0.4 is 4.74 Å². The number of ether oxygens (including phenoxy) is 1. The summed E-state index contributed by atoms with van der Waals surface area (Å²) in [5.41, 5.74) is 1.36. The Morgan fingerprint density at radius 2 is 1.89 bits per heavy atom. The minimum atomic E-state index is -0.303. The highest BCUT2D eigenvalue weighted by Gasteiger charge is 2.04. The third-order valence-electron chi connectivity index (χ3n) is 2.54. The van der Waals surface area contributed by atoms with Gasteiger partial charge in [-0.05, 0) is 42.8 Å². The zero-order valence-corrected chi connectivity index (χ0v) is 11.3. The van der Waals surface area contributed by atoms with Gasteiger partial charge < -0.3 is 4.74 Å². The Labute approximate surface area is 113 Å². The molecule has 0 radical (unpaired) electrons. The van der Waals surface area contributed by atoms with Crippen LogP contribution in [0.25, 0.3) is 0 Å². The molecule has 4 heteroatoms. The lowest BCUT2D eigenvalue weighted by Crippen LogP contribution is -1.97. The van der Waals surface area contributed by atoms with E-state index in [0.717, 1.165) is 5.56 Å². The number of hydrogen-bond acceptors (Lipinski definition) is 1. The molecule has 0 aliphatic carbocycles. The summed E-state index contributed by atoms with van der Waals surface area (Å²) in [5.74, 6) is 0.0266. The molecule has 0 bridgehead atoms. The molecule has 0 saturated heterocycles. The van der Waals surface area contributed by atoms with Crippen LogP contribution in [-0.2, 0) is 6.61 Å². The predicted octanol–water partition coefficient (Wildman–Crippen LogP) is 4.61. The summed E-state index contributed by atoms with van der Waals surface area (Å²) >= 11 is 3.27. The Morgan fingerprint density at radius 1 is 1.11 bits per heavy atom. The normalized spacial score (nSPS) is 10.4. The van der Waals surface area contributed by atoms with Crippen LogP contribution in [0.5, 0.6) is 5.75 Å². The van der Waals surface area contributed by atoms with Gasteiger partial charge in [-0.25, -0.2) is 8.78 Å². The third kappa shape index (κ3) is 3.07. The van der Waals surface area contributed by atoms with Crippen molar-refractivity contribution in [1.29, 1.82) is 0 Å².